The van der Waals surface area contributed by atoms with Gasteiger partial charge < -0.3 is 5.11 Å². The van der Waals surface area contributed by atoms with Crippen molar-refractivity contribution in [1.29, 1.82) is 0 Å². The lowest BCUT2D eigenvalue weighted by Gasteiger charge is -2.16. The van der Waals surface area contributed by atoms with Crippen LogP contribution in [0, 0.1) is 13.8 Å². The monoisotopic (exact) mass is 299 g/mol. The number of aryl methyl sites for hydroxylation is 2. The summed E-state index contributed by atoms with van der Waals surface area (Å²) in [7, 11) is -3.69. The van der Waals surface area contributed by atoms with Crippen LogP contribution in [0.5, 0.6) is 0 Å². The molecular weight excluding hydrogens is 278 g/mol. The Labute approximate surface area is 120 Å². The zero-order valence-electron chi connectivity index (χ0n) is 12.0. The maximum atomic E-state index is 12.3. The van der Waals surface area contributed by atoms with Crippen molar-refractivity contribution < 1.29 is 18.3 Å². The first-order chi connectivity index (χ1) is 9.24. The van der Waals surface area contributed by atoms with Crippen LogP contribution in [0.3, 0.4) is 0 Å². The van der Waals surface area contributed by atoms with Crippen molar-refractivity contribution in [1.82, 2.24) is 4.72 Å². The van der Waals surface area contributed by atoms with Crippen LogP contribution in [0.25, 0.3) is 0 Å². The summed E-state index contributed by atoms with van der Waals surface area (Å²) in [6.07, 6.45) is 1.00. The number of rotatable bonds is 7. The van der Waals surface area contributed by atoms with E-state index >= 15 is 0 Å². The van der Waals surface area contributed by atoms with Gasteiger partial charge in [0, 0.05) is 6.04 Å². The lowest BCUT2D eigenvalue weighted by molar-refractivity contribution is -0.137. The fourth-order valence-corrected chi connectivity index (χ4v) is 3.60. The van der Waals surface area contributed by atoms with Gasteiger partial charge in [0.05, 0.1) is 11.3 Å². The molecule has 20 heavy (non-hydrogen) atoms. The molecule has 112 valence electrons. The summed E-state index contributed by atoms with van der Waals surface area (Å²) >= 11 is 0. The quantitative estimate of drug-likeness (QED) is 0.808. The SMILES string of the molecule is CCCC(CC(=O)O)NS(=O)(=O)c1cc(C)cc(C)c1. The van der Waals surface area contributed by atoms with E-state index in [-0.39, 0.29) is 11.3 Å². The minimum Gasteiger partial charge on any atom is -0.481 e. The molecule has 0 spiro atoms. The van der Waals surface area contributed by atoms with Gasteiger partial charge in [-0.25, -0.2) is 13.1 Å². The normalized spacial score (nSPS) is 13.2. The second-order valence-corrected chi connectivity index (χ2v) is 6.74. The van der Waals surface area contributed by atoms with Crippen molar-refractivity contribution in [3.63, 3.8) is 0 Å². The third-order valence-electron chi connectivity index (χ3n) is 2.89. The van der Waals surface area contributed by atoms with Crippen molar-refractivity contribution in [2.45, 2.75) is 51.0 Å². The average Bonchev–Trinajstić information content (AvgIpc) is 2.26. The molecule has 1 aromatic carbocycles. The van der Waals surface area contributed by atoms with E-state index in [2.05, 4.69) is 4.72 Å². The Hall–Kier alpha value is -1.40. The van der Waals surface area contributed by atoms with E-state index in [1.165, 1.54) is 0 Å². The molecule has 5 nitrogen and oxygen atoms in total. The summed E-state index contributed by atoms with van der Waals surface area (Å²) in [6, 6.07) is 4.47. The maximum Gasteiger partial charge on any atom is 0.304 e. The van der Waals surface area contributed by atoms with Crippen molar-refractivity contribution in [2.75, 3.05) is 0 Å². The van der Waals surface area contributed by atoms with Gasteiger partial charge in [0.2, 0.25) is 10.0 Å². The number of aliphatic carboxylic acids is 1. The second-order valence-electron chi connectivity index (χ2n) is 5.03. The minimum atomic E-state index is -3.69. The highest BCUT2D eigenvalue weighted by atomic mass is 32.2. The van der Waals surface area contributed by atoms with E-state index in [9.17, 15) is 13.2 Å². The topological polar surface area (TPSA) is 83.5 Å². The molecule has 2 N–H and O–H groups in total. The Morgan fingerprint density at radius 2 is 1.80 bits per heavy atom. The number of hydrogen-bond acceptors (Lipinski definition) is 3. The average molecular weight is 299 g/mol. The zero-order chi connectivity index (χ0) is 15.3. The van der Waals surface area contributed by atoms with E-state index in [4.69, 9.17) is 5.11 Å². The van der Waals surface area contributed by atoms with Gasteiger partial charge in [0.1, 0.15) is 0 Å². The molecule has 0 heterocycles. The predicted molar refractivity (Wildman–Crippen MR) is 77.2 cm³/mol. The summed E-state index contributed by atoms with van der Waals surface area (Å²) in [6.45, 7) is 5.54. The van der Waals surface area contributed by atoms with E-state index in [1.54, 1.807) is 12.1 Å². The van der Waals surface area contributed by atoms with Crippen LogP contribution in [-0.2, 0) is 14.8 Å². The van der Waals surface area contributed by atoms with Crippen molar-refractivity contribution in [3.05, 3.63) is 29.3 Å². The van der Waals surface area contributed by atoms with Crippen LogP contribution >= 0.6 is 0 Å². The number of carboxylic acid groups (broad SMARTS) is 1. The minimum absolute atomic E-state index is 0.182. The largest absolute Gasteiger partial charge is 0.481 e. The van der Waals surface area contributed by atoms with Gasteiger partial charge in [-0.15, -0.1) is 0 Å². The van der Waals surface area contributed by atoms with Crippen LogP contribution in [0.2, 0.25) is 0 Å². The Bertz CT molecular complexity index is 561. The fraction of sp³-hybridized carbons (Fsp3) is 0.500. The van der Waals surface area contributed by atoms with Crippen LogP contribution in [0.4, 0.5) is 0 Å². The first-order valence-corrected chi connectivity index (χ1v) is 8.05. The first-order valence-electron chi connectivity index (χ1n) is 6.57. The summed E-state index contributed by atoms with van der Waals surface area (Å²) in [5.74, 6) is -1.01. The third kappa shape index (κ3) is 4.94. The molecule has 1 rings (SSSR count). The van der Waals surface area contributed by atoms with Crippen molar-refractivity contribution in [2.24, 2.45) is 0 Å². The molecule has 0 fully saturated rings. The van der Waals surface area contributed by atoms with E-state index < -0.39 is 22.0 Å². The molecule has 0 radical (unpaired) electrons. The predicted octanol–water partition coefficient (Wildman–Crippen LogP) is 2.23. The maximum absolute atomic E-state index is 12.3. The lowest BCUT2D eigenvalue weighted by atomic mass is 10.1. The highest BCUT2D eigenvalue weighted by Gasteiger charge is 2.21. The van der Waals surface area contributed by atoms with E-state index in [1.807, 2.05) is 26.8 Å². The van der Waals surface area contributed by atoms with Gasteiger partial charge in [-0.05, 0) is 43.5 Å². The molecule has 6 heteroatoms. The summed E-state index contributed by atoms with van der Waals surface area (Å²) < 4.78 is 27.1. The molecule has 0 aromatic heterocycles. The van der Waals surface area contributed by atoms with Crippen molar-refractivity contribution >= 4 is 16.0 Å². The van der Waals surface area contributed by atoms with Crippen LogP contribution in [0.15, 0.2) is 23.1 Å². The summed E-state index contributed by atoms with van der Waals surface area (Å²) in [4.78, 5) is 11.0. The van der Waals surface area contributed by atoms with Gasteiger partial charge in [0.25, 0.3) is 0 Å². The first kappa shape index (κ1) is 16.7. The molecule has 0 bridgehead atoms. The van der Waals surface area contributed by atoms with E-state index in [0.717, 1.165) is 11.1 Å². The van der Waals surface area contributed by atoms with Gasteiger partial charge in [0.15, 0.2) is 0 Å². The number of benzene rings is 1. The summed E-state index contributed by atoms with van der Waals surface area (Å²) in [5, 5.41) is 8.83. The molecule has 0 saturated carbocycles. The molecule has 1 aromatic rings. The third-order valence-corrected chi connectivity index (χ3v) is 4.39. The highest BCUT2D eigenvalue weighted by molar-refractivity contribution is 7.89. The summed E-state index contributed by atoms with van der Waals surface area (Å²) in [5.41, 5.74) is 1.71. The van der Waals surface area contributed by atoms with Crippen molar-refractivity contribution in [3.8, 4) is 0 Å². The Kier molecular flexibility index (Phi) is 5.71. The van der Waals surface area contributed by atoms with Crippen LogP contribution in [0.1, 0.15) is 37.3 Å². The molecule has 1 atom stereocenters. The van der Waals surface area contributed by atoms with Crippen LogP contribution < -0.4 is 4.72 Å². The molecule has 0 aliphatic heterocycles. The molecule has 0 amide bonds. The second kappa shape index (κ2) is 6.85. The molecular formula is C14H21NO4S. The molecule has 0 aliphatic carbocycles. The Balaban J connectivity index is 2.99. The van der Waals surface area contributed by atoms with Gasteiger partial charge in [-0.1, -0.05) is 19.4 Å². The zero-order valence-corrected chi connectivity index (χ0v) is 12.8. The molecule has 0 aliphatic rings. The Morgan fingerprint density at radius 1 is 1.25 bits per heavy atom. The fourth-order valence-electron chi connectivity index (χ4n) is 2.14. The number of carboxylic acids is 1. The van der Waals surface area contributed by atoms with Gasteiger partial charge >= 0.3 is 5.97 Å². The standard InChI is InChI=1S/C14H21NO4S/c1-4-5-12(9-14(16)17)15-20(18,19)13-7-10(2)6-11(3)8-13/h6-8,12,15H,4-5,9H2,1-3H3,(H,16,17). The van der Waals surface area contributed by atoms with Crippen LogP contribution in [-0.4, -0.2) is 25.5 Å². The van der Waals surface area contributed by atoms with Gasteiger partial charge in [-0.3, -0.25) is 4.79 Å². The van der Waals surface area contributed by atoms with E-state index in [0.29, 0.717) is 12.8 Å². The lowest BCUT2D eigenvalue weighted by Crippen LogP contribution is -2.36. The highest BCUT2D eigenvalue weighted by Crippen LogP contribution is 2.16. The molecule has 0 saturated heterocycles. The molecule has 1 unspecified atom stereocenters. The number of nitrogens with one attached hydrogen (secondary N) is 1. The number of hydrogen-bond donors (Lipinski definition) is 2. The number of sulfonamides is 1. The van der Waals surface area contributed by atoms with Gasteiger partial charge in [-0.2, -0.15) is 0 Å². The Morgan fingerprint density at radius 3 is 2.25 bits per heavy atom. The number of carbonyl (C=O) groups is 1. The smallest absolute Gasteiger partial charge is 0.304 e.